The zero-order chi connectivity index (χ0) is 14.5. The van der Waals surface area contributed by atoms with Crippen molar-refractivity contribution in [3.8, 4) is 0 Å². The van der Waals surface area contributed by atoms with Gasteiger partial charge in [-0.1, -0.05) is 17.3 Å². The number of rotatable bonds is 5. The second-order valence-electron chi connectivity index (χ2n) is 4.14. The van der Waals surface area contributed by atoms with E-state index in [-0.39, 0.29) is 18.0 Å². The van der Waals surface area contributed by atoms with Gasteiger partial charge in [-0.05, 0) is 17.7 Å². The van der Waals surface area contributed by atoms with Gasteiger partial charge in [0.15, 0.2) is 0 Å². The van der Waals surface area contributed by atoms with E-state index in [1.165, 1.54) is 24.1 Å². The van der Waals surface area contributed by atoms with Gasteiger partial charge in [0.05, 0.1) is 37.5 Å². The van der Waals surface area contributed by atoms with Crippen molar-refractivity contribution in [2.24, 2.45) is 0 Å². The highest BCUT2D eigenvalue weighted by Crippen LogP contribution is 2.09. The first-order valence-electron chi connectivity index (χ1n) is 5.86. The van der Waals surface area contributed by atoms with E-state index in [1.807, 2.05) is 0 Å². The maximum atomic E-state index is 11.3. The Kier molecular flexibility index (Phi) is 4.09. The van der Waals surface area contributed by atoms with E-state index in [0.717, 1.165) is 5.56 Å². The van der Waals surface area contributed by atoms with E-state index in [0.29, 0.717) is 12.2 Å². The molecule has 20 heavy (non-hydrogen) atoms. The number of carbonyl (C=O) groups excluding carboxylic acids is 1. The van der Waals surface area contributed by atoms with Crippen LogP contribution in [0.25, 0.3) is 0 Å². The summed E-state index contributed by atoms with van der Waals surface area (Å²) in [4.78, 5) is 22.2. The van der Waals surface area contributed by atoms with Crippen LogP contribution in [0.2, 0.25) is 0 Å². The summed E-state index contributed by atoms with van der Waals surface area (Å²) < 4.78 is 6.13. The molecule has 0 saturated carbocycles. The van der Waals surface area contributed by atoms with Crippen LogP contribution in [0.15, 0.2) is 30.5 Å². The second-order valence-corrected chi connectivity index (χ2v) is 4.14. The molecule has 1 aromatic carbocycles. The van der Waals surface area contributed by atoms with Crippen LogP contribution in [-0.2, 0) is 22.5 Å². The van der Waals surface area contributed by atoms with Gasteiger partial charge in [0.25, 0.3) is 0 Å². The Morgan fingerprint density at radius 2 is 2.20 bits per heavy atom. The van der Waals surface area contributed by atoms with Crippen molar-refractivity contribution in [1.82, 2.24) is 15.0 Å². The normalized spacial score (nSPS) is 10.2. The fourth-order valence-corrected chi connectivity index (χ4v) is 1.74. The molecule has 0 aliphatic rings. The molecule has 0 aliphatic heterocycles. The lowest BCUT2D eigenvalue weighted by atomic mass is 10.1. The van der Waals surface area contributed by atoms with Crippen LogP contribution in [0.1, 0.15) is 21.6 Å². The zero-order valence-corrected chi connectivity index (χ0v) is 10.8. The maximum absolute atomic E-state index is 11.3. The van der Waals surface area contributed by atoms with Crippen LogP contribution < -0.4 is 0 Å². The molecular formula is C13H13N3O4. The average molecular weight is 275 g/mol. The molecule has 0 fully saturated rings. The molecule has 2 rings (SSSR count). The second kappa shape index (κ2) is 5.96. The molecule has 0 bridgehead atoms. The van der Waals surface area contributed by atoms with Crippen molar-refractivity contribution in [3.05, 3.63) is 47.3 Å². The highest BCUT2D eigenvalue weighted by atomic mass is 16.5. The molecule has 2 aromatic rings. The molecule has 0 saturated heterocycles. The Hall–Kier alpha value is -2.70. The number of carbonyl (C=O) groups is 2. The van der Waals surface area contributed by atoms with E-state index in [2.05, 4.69) is 15.0 Å². The van der Waals surface area contributed by atoms with Gasteiger partial charge in [-0.15, -0.1) is 5.10 Å². The van der Waals surface area contributed by atoms with Gasteiger partial charge >= 0.3 is 11.9 Å². The summed E-state index contributed by atoms with van der Waals surface area (Å²) in [6, 6.07) is 6.53. The average Bonchev–Trinajstić information content (AvgIpc) is 2.86. The predicted octanol–water partition coefficient (Wildman–Crippen LogP) is 0.740. The fraction of sp³-hybridized carbons (Fsp3) is 0.231. The number of hydrogen-bond donors (Lipinski definition) is 1. The molecular weight excluding hydrogens is 262 g/mol. The summed E-state index contributed by atoms with van der Waals surface area (Å²) in [5.74, 6) is -1.37. The summed E-state index contributed by atoms with van der Waals surface area (Å²) in [5.41, 5.74) is 1.58. The number of esters is 1. The Morgan fingerprint density at radius 1 is 1.40 bits per heavy atom. The van der Waals surface area contributed by atoms with Crippen LogP contribution in [0.4, 0.5) is 0 Å². The van der Waals surface area contributed by atoms with Crippen LogP contribution >= 0.6 is 0 Å². The number of ether oxygens (including phenoxy) is 1. The minimum Gasteiger partial charge on any atom is -0.478 e. The lowest BCUT2D eigenvalue weighted by Crippen LogP contribution is -2.12. The number of aromatic carboxylic acids is 1. The van der Waals surface area contributed by atoms with Gasteiger partial charge in [-0.2, -0.15) is 0 Å². The smallest absolute Gasteiger partial charge is 0.335 e. The minimum absolute atomic E-state index is 0.0715. The quantitative estimate of drug-likeness (QED) is 0.809. The van der Waals surface area contributed by atoms with Crippen molar-refractivity contribution >= 4 is 11.9 Å². The monoisotopic (exact) mass is 275 g/mol. The largest absolute Gasteiger partial charge is 0.478 e. The fourth-order valence-electron chi connectivity index (χ4n) is 1.74. The molecule has 1 heterocycles. The SMILES string of the molecule is COC(=O)Cc1cnnn1Cc1cccc(C(=O)O)c1. The van der Waals surface area contributed by atoms with Crippen molar-refractivity contribution in [2.45, 2.75) is 13.0 Å². The first kappa shape index (κ1) is 13.7. The Bertz CT molecular complexity index is 636. The van der Waals surface area contributed by atoms with Gasteiger partial charge < -0.3 is 9.84 Å². The molecule has 0 radical (unpaired) electrons. The molecule has 0 aliphatic carbocycles. The summed E-state index contributed by atoms with van der Waals surface area (Å²) in [6.45, 7) is 0.341. The predicted molar refractivity (Wildman–Crippen MR) is 68.2 cm³/mol. The van der Waals surface area contributed by atoms with Gasteiger partial charge in [-0.3, -0.25) is 4.79 Å². The molecule has 7 nitrogen and oxygen atoms in total. The van der Waals surface area contributed by atoms with Crippen molar-refractivity contribution in [3.63, 3.8) is 0 Å². The summed E-state index contributed by atoms with van der Waals surface area (Å²) in [7, 11) is 1.31. The van der Waals surface area contributed by atoms with Crippen LogP contribution in [0, 0.1) is 0 Å². The molecule has 7 heteroatoms. The summed E-state index contributed by atoms with van der Waals surface area (Å²) in [5, 5.41) is 16.6. The number of nitrogens with zero attached hydrogens (tertiary/aromatic N) is 3. The van der Waals surface area contributed by atoms with Gasteiger partial charge in [0, 0.05) is 0 Å². The number of hydrogen-bond acceptors (Lipinski definition) is 5. The molecule has 104 valence electrons. The lowest BCUT2D eigenvalue weighted by Gasteiger charge is -2.06. The Labute approximate surface area is 114 Å². The number of aromatic nitrogens is 3. The molecule has 0 atom stereocenters. The summed E-state index contributed by atoms with van der Waals surface area (Å²) in [6.07, 6.45) is 1.56. The van der Waals surface area contributed by atoms with E-state index in [9.17, 15) is 9.59 Å². The first-order valence-corrected chi connectivity index (χ1v) is 5.86. The lowest BCUT2D eigenvalue weighted by molar-refractivity contribution is -0.139. The topological polar surface area (TPSA) is 94.3 Å². The van der Waals surface area contributed by atoms with Crippen molar-refractivity contribution < 1.29 is 19.4 Å². The third-order valence-electron chi connectivity index (χ3n) is 2.76. The Morgan fingerprint density at radius 3 is 2.90 bits per heavy atom. The van der Waals surface area contributed by atoms with Crippen LogP contribution in [0.5, 0.6) is 0 Å². The molecule has 1 N–H and O–H groups in total. The highest BCUT2D eigenvalue weighted by molar-refractivity contribution is 5.87. The molecule has 0 spiro atoms. The standard InChI is InChI=1S/C13H13N3O4/c1-20-12(17)6-11-7-14-15-16(11)8-9-3-2-4-10(5-9)13(18)19/h2-5,7H,6,8H2,1H3,(H,18,19). The number of methoxy groups -OCH3 is 1. The highest BCUT2D eigenvalue weighted by Gasteiger charge is 2.11. The molecule has 0 unspecified atom stereocenters. The third kappa shape index (κ3) is 3.19. The van der Waals surface area contributed by atoms with Gasteiger partial charge in [0.2, 0.25) is 0 Å². The number of carboxylic acid groups (broad SMARTS) is 1. The van der Waals surface area contributed by atoms with E-state index in [4.69, 9.17) is 5.11 Å². The zero-order valence-electron chi connectivity index (χ0n) is 10.8. The molecule has 1 aromatic heterocycles. The van der Waals surface area contributed by atoms with Crippen molar-refractivity contribution in [2.75, 3.05) is 7.11 Å². The Balaban J connectivity index is 2.18. The van der Waals surface area contributed by atoms with E-state index < -0.39 is 5.97 Å². The number of carboxylic acids is 1. The third-order valence-corrected chi connectivity index (χ3v) is 2.76. The van der Waals surface area contributed by atoms with Gasteiger partial charge in [0.1, 0.15) is 0 Å². The molecule has 0 amide bonds. The maximum Gasteiger partial charge on any atom is 0.335 e. The number of benzene rings is 1. The van der Waals surface area contributed by atoms with Crippen LogP contribution in [0.3, 0.4) is 0 Å². The first-order chi connectivity index (χ1) is 9.60. The van der Waals surface area contributed by atoms with Gasteiger partial charge in [-0.25, -0.2) is 9.48 Å². The minimum atomic E-state index is -0.986. The van der Waals surface area contributed by atoms with Crippen molar-refractivity contribution in [1.29, 1.82) is 0 Å². The summed E-state index contributed by atoms with van der Waals surface area (Å²) >= 11 is 0. The van der Waals surface area contributed by atoms with E-state index in [1.54, 1.807) is 18.2 Å². The van der Waals surface area contributed by atoms with E-state index >= 15 is 0 Å². The van der Waals surface area contributed by atoms with Crippen LogP contribution in [-0.4, -0.2) is 39.1 Å².